The summed E-state index contributed by atoms with van der Waals surface area (Å²) in [5.41, 5.74) is 2.61. The molecule has 0 aliphatic heterocycles. The number of nitrogens with one attached hydrogen (secondary N) is 1. The summed E-state index contributed by atoms with van der Waals surface area (Å²) < 4.78 is 1.16. The number of rotatable bonds is 3. The van der Waals surface area contributed by atoms with Gasteiger partial charge in [0.1, 0.15) is 0 Å². The Labute approximate surface area is 113 Å². The topological polar surface area (TPSA) is 12.0 Å². The lowest BCUT2D eigenvalue weighted by Crippen LogP contribution is -2.21. The van der Waals surface area contributed by atoms with E-state index in [1.807, 2.05) is 0 Å². The van der Waals surface area contributed by atoms with Crippen LogP contribution in [0.1, 0.15) is 38.2 Å². The maximum atomic E-state index is 3.61. The van der Waals surface area contributed by atoms with Crippen LogP contribution in [0.3, 0.4) is 0 Å². The van der Waals surface area contributed by atoms with Crippen molar-refractivity contribution in [2.45, 2.75) is 39.5 Å². The SMILES string of the molecule is Cc1cc(Br)ccc1NCC1CCCC(C)C1. The fraction of sp³-hybridized carbons (Fsp3) is 0.600. The van der Waals surface area contributed by atoms with E-state index < -0.39 is 0 Å². The molecule has 1 aromatic carbocycles. The lowest BCUT2D eigenvalue weighted by molar-refractivity contribution is 0.293. The Bertz CT molecular complexity index is 375. The van der Waals surface area contributed by atoms with Crippen molar-refractivity contribution in [1.82, 2.24) is 0 Å². The number of hydrogen-bond acceptors (Lipinski definition) is 1. The van der Waals surface area contributed by atoms with E-state index in [1.165, 1.54) is 36.9 Å². The quantitative estimate of drug-likeness (QED) is 0.828. The van der Waals surface area contributed by atoms with Gasteiger partial charge < -0.3 is 5.32 Å². The summed E-state index contributed by atoms with van der Waals surface area (Å²) in [6.45, 7) is 5.68. The van der Waals surface area contributed by atoms with Crippen molar-refractivity contribution >= 4 is 21.6 Å². The van der Waals surface area contributed by atoms with Crippen molar-refractivity contribution in [3.8, 4) is 0 Å². The van der Waals surface area contributed by atoms with E-state index in [1.54, 1.807) is 0 Å². The minimum Gasteiger partial charge on any atom is -0.385 e. The van der Waals surface area contributed by atoms with E-state index in [-0.39, 0.29) is 0 Å². The molecule has 1 aromatic rings. The second-order valence-electron chi connectivity index (χ2n) is 5.48. The summed E-state index contributed by atoms with van der Waals surface area (Å²) in [7, 11) is 0. The zero-order valence-corrected chi connectivity index (χ0v) is 12.4. The number of anilines is 1. The minimum atomic E-state index is 0.863. The van der Waals surface area contributed by atoms with Gasteiger partial charge in [0.2, 0.25) is 0 Å². The average molecular weight is 296 g/mol. The fourth-order valence-electron chi connectivity index (χ4n) is 2.82. The lowest BCUT2D eigenvalue weighted by Gasteiger charge is -2.27. The summed E-state index contributed by atoms with van der Waals surface area (Å²) in [5, 5.41) is 3.61. The van der Waals surface area contributed by atoms with Crippen molar-refractivity contribution in [3.63, 3.8) is 0 Å². The number of benzene rings is 1. The van der Waals surface area contributed by atoms with Gasteiger partial charge in [-0.15, -0.1) is 0 Å². The van der Waals surface area contributed by atoms with Crippen LogP contribution in [-0.2, 0) is 0 Å². The highest BCUT2D eigenvalue weighted by molar-refractivity contribution is 9.10. The second kappa shape index (κ2) is 5.90. The highest BCUT2D eigenvalue weighted by atomic mass is 79.9. The Balaban J connectivity index is 1.88. The van der Waals surface area contributed by atoms with Gasteiger partial charge in [0, 0.05) is 16.7 Å². The molecule has 0 spiro atoms. The minimum absolute atomic E-state index is 0.863. The summed E-state index contributed by atoms with van der Waals surface area (Å²) in [5.74, 6) is 1.78. The van der Waals surface area contributed by atoms with Crippen LogP contribution >= 0.6 is 15.9 Å². The third kappa shape index (κ3) is 3.74. The standard InChI is InChI=1S/C15H22BrN/c1-11-4-3-5-13(8-11)10-17-15-7-6-14(16)9-12(15)2/h6-7,9,11,13,17H,3-5,8,10H2,1-2H3. The third-order valence-corrected chi connectivity index (χ3v) is 4.31. The van der Waals surface area contributed by atoms with Crippen LogP contribution in [0.5, 0.6) is 0 Å². The Morgan fingerprint density at radius 3 is 2.88 bits per heavy atom. The molecule has 1 nitrogen and oxygen atoms in total. The molecule has 2 rings (SSSR count). The van der Waals surface area contributed by atoms with E-state index in [0.717, 1.165) is 22.9 Å². The molecule has 1 aliphatic rings. The predicted molar refractivity (Wildman–Crippen MR) is 78.5 cm³/mol. The van der Waals surface area contributed by atoms with Gasteiger partial charge in [-0.1, -0.05) is 35.7 Å². The van der Waals surface area contributed by atoms with Crippen molar-refractivity contribution < 1.29 is 0 Å². The fourth-order valence-corrected chi connectivity index (χ4v) is 3.30. The molecule has 0 radical (unpaired) electrons. The second-order valence-corrected chi connectivity index (χ2v) is 6.39. The first-order chi connectivity index (χ1) is 8.15. The van der Waals surface area contributed by atoms with Crippen LogP contribution in [0.2, 0.25) is 0 Å². The molecule has 94 valence electrons. The molecule has 1 N–H and O–H groups in total. The van der Waals surface area contributed by atoms with Crippen molar-refractivity contribution in [3.05, 3.63) is 28.2 Å². The Kier molecular flexibility index (Phi) is 4.49. The van der Waals surface area contributed by atoms with Gasteiger partial charge in [-0.05, 0) is 55.4 Å². The van der Waals surface area contributed by atoms with Gasteiger partial charge in [0.25, 0.3) is 0 Å². The maximum Gasteiger partial charge on any atom is 0.0370 e. The molecule has 1 saturated carbocycles. The zero-order chi connectivity index (χ0) is 12.3. The van der Waals surface area contributed by atoms with Crippen molar-refractivity contribution in [2.75, 3.05) is 11.9 Å². The summed E-state index contributed by atoms with van der Waals surface area (Å²) in [6.07, 6.45) is 5.62. The van der Waals surface area contributed by atoms with Crippen LogP contribution in [0, 0.1) is 18.8 Å². The highest BCUT2D eigenvalue weighted by Crippen LogP contribution is 2.29. The molecule has 0 saturated heterocycles. The average Bonchev–Trinajstić information content (AvgIpc) is 2.28. The summed E-state index contributed by atoms with van der Waals surface area (Å²) in [4.78, 5) is 0. The van der Waals surface area contributed by atoms with E-state index in [2.05, 4.69) is 53.3 Å². The zero-order valence-electron chi connectivity index (χ0n) is 10.8. The van der Waals surface area contributed by atoms with Crippen molar-refractivity contribution in [1.29, 1.82) is 0 Å². The largest absolute Gasteiger partial charge is 0.385 e. The third-order valence-electron chi connectivity index (χ3n) is 3.81. The smallest absolute Gasteiger partial charge is 0.0370 e. The van der Waals surface area contributed by atoms with E-state index in [4.69, 9.17) is 0 Å². The van der Waals surface area contributed by atoms with E-state index >= 15 is 0 Å². The molecular formula is C15H22BrN. The van der Waals surface area contributed by atoms with Gasteiger partial charge in [-0.25, -0.2) is 0 Å². The predicted octanol–water partition coefficient (Wildman–Crippen LogP) is 5.00. The number of aryl methyl sites for hydroxylation is 1. The van der Waals surface area contributed by atoms with Crippen LogP contribution < -0.4 is 5.32 Å². The van der Waals surface area contributed by atoms with Gasteiger partial charge in [0.05, 0.1) is 0 Å². The van der Waals surface area contributed by atoms with Crippen LogP contribution in [0.4, 0.5) is 5.69 Å². The molecule has 2 heteroatoms. The van der Waals surface area contributed by atoms with E-state index in [0.29, 0.717) is 0 Å². The lowest BCUT2D eigenvalue weighted by atomic mass is 9.82. The highest BCUT2D eigenvalue weighted by Gasteiger charge is 2.18. The molecule has 0 amide bonds. The Morgan fingerprint density at radius 2 is 2.18 bits per heavy atom. The van der Waals surface area contributed by atoms with Crippen LogP contribution in [-0.4, -0.2) is 6.54 Å². The van der Waals surface area contributed by atoms with Crippen LogP contribution in [0.15, 0.2) is 22.7 Å². The molecule has 1 fully saturated rings. The van der Waals surface area contributed by atoms with Crippen molar-refractivity contribution in [2.24, 2.45) is 11.8 Å². The molecule has 0 aromatic heterocycles. The first-order valence-corrected chi connectivity index (χ1v) is 7.44. The summed E-state index contributed by atoms with van der Waals surface area (Å²) >= 11 is 3.50. The molecular weight excluding hydrogens is 274 g/mol. The normalized spacial score (nSPS) is 24.6. The first kappa shape index (κ1) is 12.9. The molecule has 0 bridgehead atoms. The van der Waals surface area contributed by atoms with Gasteiger partial charge in [-0.2, -0.15) is 0 Å². The van der Waals surface area contributed by atoms with Gasteiger partial charge in [-0.3, -0.25) is 0 Å². The Hall–Kier alpha value is -0.500. The molecule has 2 atom stereocenters. The molecule has 2 unspecified atom stereocenters. The molecule has 0 heterocycles. The monoisotopic (exact) mass is 295 g/mol. The maximum absolute atomic E-state index is 3.61. The summed E-state index contributed by atoms with van der Waals surface area (Å²) in [6, 6.07) is 6.45. The van der Waals surface area contributed by atoms with Crippen LogP contribution in [0.25, 0.3) is 0 Å². The van der Waals surface area contributed by atoms with E-state index in [9.17, 15) is 0 Å². The van der Waals surface area contributed by atoms with Gasteiger partial charge >= 0.3 is 0 Å². The Morgan fingerprint density at radius 1 is 1.35 bits per heavy atom. The molecule has 1 aliphatic carbocycles. The number of halogens is 1. The first-order valence-electron chi connectivity index (χ1n) is 6.65. The number of hydrogen-bond donors (Lipinski definition) is 1. The van der Waals surface area contributed by atoms with Gasteiger partial charge in [0.15, 0.2) is 0 Å². The molecule has 17 heavy (non-hydrogen) atoms.